The molecule has 0 spiro atoms. The van der Waals surface area contributed by atoms with E-state index in [1.165, 1.54) is 12.2 Å². The minimum absolute atomic E-state index is 0.173. The van der Waals surface area contributed by atoms with Crippen LogP contribution in [-0.2, 0) is 67.5 Å². The smallest absolute Gasteiger partial charge is 0.336 e. The van der Waals surface area contributed by atoms with Crippen LogP contribution in [0, 0.1) is 0 Å². The van der Waals surface area contributed by atoms with E-state index in [0.717, 1.165) is 29.4 Å². The summed E-state index contributed by atoms with van der Waals surface area (Å²) < 4.78 is 64.5. The van der Waals surface area contributed by atoms with Gasteiger partial charge in [0.05, 0.1) is 79.3 Å². The molecule has 4 aromatic rings. The van der Waals surface area contributed by atoms with Crippen LogP contribution in [-0.4, -0.2) is 129 Å². The number of rotatable bonds is 55. The molecule has 4 rings (SSSR count). The summed E-state index contributed by atoms with van der Waals surface area (Å²) in [6, 6.07) is 20.7. The van der Waals surface area contributed by atoms with Crippen molar-refractivity contribution >= 4 is 42.0 Å². The fourth-order valence-corrected chi connectivity index (χ4v) is 7.85. The highest BCUT2D eigenvalue weighted by Crippen LogP contribution is 2.43. The van der Waals surface area contributed by atoms with E-state index in [4.69, 9.17) is 81.4 Å². The molecule has 0 saturated carbocycles. The van der Waals surface area contributed by atoms with Gasteiger partial charge in [0.2, 0.25) is 11.5 Å². The normalized spacial score (nSPS) is 10.9. The van der Waals surface area contributed by atoms with E-state index in [1.54, 1.807) is 103 Å². The first kappa shape index (κ1) is 77.2. The zero-order valence-corrected chi connectivity index (χ0v) is 53.5. The average molecular weight is 1310 g/mol. The molecule has 0 aliphatic carbocycles. The van der Waals surface area contributed by atoms with Gasteiger partial charge in [0.25, 0.3) is 0 Å². The Bertz CT molecular complexity index is 3000. The summed E-state index contributed by atoms with van der Waals surface area (Å²) in [5, 5.41) is 0. The van der Waals surface area contributed by atoms with Gasteiger partial charge in [0, 0.05) is 41.5 Å². The maximum Gasteiger partial charge on any atom is 0.336 e. The van der Waals surface area contributed by atoms with Crippen LogP contribution < -0.4 is 37.9 Å². The van der Waals surface area contributed by atoms with Crippen molar-refractivity contribution < 1.29 is 105 Å². The molecule has 0 aliphatic heterocycles. The lowest BCUT2D eigenvalue weighted by atomic mass is 10.1. The molecule has 0 heterocycles. The van der Waals surface area contributed by atoms with E-state index in [-0.39, 0.29) is 84.2 Å². The van der Waals surface area contributed by atoms with Crippen molar-refractivity contribution in [1.82, 2.24) is 0 Å². The lowest BCUT2D eigenvalue weighted by molar-refractivity contribution is -0.286. The molecule has 0 saturated heterocycles. The first-order chi connectivity index (χ1) is 46.0. The second-order valence-corrected chi connectivity index (χ2v) is 19.8. The molecule has 0 aromatic heterocycles. The number of carbonyl (C=O) groups excluding carboxylic acids is 5. The fraction of sp³-hybridized carbons (Fsp3) is 0.375. The van der Waals surface area contributed by atoms with Gasteiger partial charge in [-0.1, -0.05) is 62.2 Å². The van der Waals surface area contributed by atoms with Crippen molar-refractivity contribution in [2.75, 3.05) is 99.1 Å². The van der Waals surface area contributed by atoms with Crippen molar-refractivity contribution in [1.29, 1.82) is 0 Å². The molecule has 508 valence electrons. The van der Waals surface area contributed by atoms with Crippen LogP contribution in [0.15, 0.2) is 161 Å². The van der Waals surface area contributed by atoms with E-state index >= 15 is 0 Å². The third-order valence-electron chi connectivity index (χ3n) is 12.5. The van der Waals surface area contributed by atoms with Crippen LogP contribution >= 0.6 is 0 Å². The fourth-order valence-electron chi connectivity index (χ4n) is 7.85. The molecule has 0 radical (unpaired) electrons. The second kappa shape index (κ2) is 49.4. The number of esters is 5. The molecule has 94 heavy (non-hydrogen) atoms. The number of carbonyl (C=O) groups is 5. The Morgan fingerprint density at radius 1 is 0.298 bits per heavy atom. The zero-order chi connectivity index (χ0) is 67.5. The van der Waals surface area contributed by atoms with Gasteiger partial charge in [-0.05, 0) is 149 Å². The number of hydrogen-bond acceptors (Lipinski definition) is 22. The molecule has 22 heteroatoms. The van der Waals surface area contributed by atoms with E-state index < -0.39 is 29.8 Å². The SMILES string of the molecule is C=CCOOCCCCOc1ccc(/C=C/C(=O)Oc2ccc(-c3ccc(OC(=O)/C=C/c4ccc(OCCCCOC(=O)C=C)c(OCCCCOC(=O)C=C)c4OCCCCOOCC=C)cc3)cc2)c(OCCCCOC(=O)C=C)c1OCCCCOOCC=C. The first-order valence-electron chi connectivity index (χ1n) is 31.1. The standard InChI is InChI=1S/C72H88O22/c1-7-41-87-90-53-22-19-45-79-63-38-30-58(69(83-49-17-15-47-81-65(74)11-5)72(63)86-52-21-24-55-92-89-43-9-3)31-39-67(76)93-60-33-25-56(26-34-60)57-27-35-61(36-28-57)94-68(77)40-32-59-29-37-62(78-44-13-14-46-80-64(73)10-4)71(85-51-18-16-48-82-66(75)12-6)70(59)84-50-20-23-54-91-88-42-8-2/h7-12,25-40H,1-6,13-24,41-55H2/b39-31+,40-32+. The quantitative estimate of drug-likeness (QED) is 0.00583. The minimum Gasteiger partial charge on any atom is -0.490 e. The number of ether oxygens (including phenoxy) is 11. The molecule has 0 atom stereocenters. The van der Waals surface area contributed by atoms with Crippen LogP contribution in [0.5, 0.6) is 46.0 Å². The van der Waals surface area contributed by atoms with Gasteiger partial charge in [-0.3, -0.25) is 0 Å². The van der Waals surface area contributed by atoms with E-state index in [0.29, 0.717) is 149 Å². The third-order valence-corrected chi connectivity index (χ3v) is 12.5. The van der Waals surface area contributed by atoms with Crippen molar-refractivity contribution in [2.45, 2.75) is 77.0 Å². The predicted molar refractivity (Wildman–Crippen MR) is 352 cm³/mol. The summed E-state index contributed by atoms with van der Waals surface area (Å²) in [6.45, 7) is 25.0. The molecule has 0 bridgehead atoms. The van der Waals surface area contributed by atoms with Crippen LogP contribution in [0.4, 0.5) is 0 Å². The third kappa shape index (κ3) is 32.8. The Kier molecular flexibility index (Phi) is 40.5. The maximum atomic E-state index is 13.4. The molecule has 0 N–H and O–H groups in total. The number of benzene rings is 4. The lowest BCUT2D eigenvalue weighted by Gasteiger charge is -2.19. The molecule has 0 fully saturated rings. The lowest BCUT2D eigenvalue weighted by Crippen LogP contribution is -2.09. The highest BCUT2D eigenvalue weighted by Gasteiger charge is 2.20. The highest BCUT2D eigenvalue weighted by molar-refractivity contribution is 5.91. The monoisotopic (exact) mass is 1300 g/mol. The summed E-state index contributed by atoms with van der Waals surface area (Å²) in [7, 11) is 0. The van der Waals surface area contributed by atoms with Gasteiger partial charge in [-0.15, -0.1) is 19.7 Å². The molecule has 0 amide bonds. The topological polar surface area (TPSA) is 242 Å². The van der Waals surface area contributed by atoms with Crippen LogP contribution in [0.1, 0.15) is 88.2 Å². The first-order valence-corrected chi connectivity index (χ1v) is 31.1. The Labute approximate surface area is 550 Å². The number of unbranched alkanes of at least 4 members (excludes halogenated alkanes) is 6. The van der Waals surface area contributed by atoms with Gasteiger partial charge in [0.1, 0.15) is 31.3 Å². The van der Waals surface area contributed by atoms with Crippen molar-refractivity contribution in [3.63, 3.8) is 0 Å². The van der Waals surface area contributed by atoms with Gasteiger partial charge >= 0.3 is 29.8 Å². The summed E-state index contributed by atoms with van der Waals surface area (Å²) in [4.78, 5) is 92.1. The van der Waals surface area contributed by atoms with Gasteiger partial charge in [-0.25, -0.2) is 53.3 Å². The second-order valence-electron chi connectivity index (χ2n) is 19.8. The average Bonchev–Trinajstić information content (AvgIpc) is 1.02. The van der Waals surface area contributed by atoms with Crippen molar-refractivity contribution in [3.8, 4) is 57.1 Å². The van der Waals surface area contributed by atoms with Crippen LogP contribution in [0.2, 0.25) is 0 Å². The van der Waals surface area contributed by atoms with Crippen molar-refractivity contribution in [2.24, 2.45) is 0 Å². The van der Waals surface area contributed by atoms with Crippen molar-refractivity contribution in [3.05, 3.63) is 172 Å². The maximum absolute atomic E-state index is 13.4. The summed E-state index contributed by atoms with van der Waals surface area (Å²) in [5.74, 6) is -0.231. The Morgan fingerprint density at radius 2 is 0.585 bits per heavy atom. The number of hydrogen-bond donors (Lipinski definition) is 0. The Hall–Kier alpha value is -9.29. The van der Waals surface area contributed by atoms with Gasteiger partial charge < -0.3 is 52.1 Å². The minimum atomic E-state index is -0.669. The van der Waals surface area contributed by atoms with Crippen LogP contribution in [0.3, 0.4) is 0 Å². The summed E-state index contributed by atoms with van der Waals surface area (Å²) in [6.07, 6.45) is 20.6. The van der Waals surface area contributed by atoms with Gasteiger partial charge in [0.15, 0.2) is 23.0 Å². The van der Waals surface area contributed by atoms with E-state index in [1.807, 2.05) is 0 Å². The molecular formula is C72H88O22. The van der Waals surface area contributed by atoms with Crippen LogP contribution in [0.25, 0.3) is 23.3 Å². The predicted octanol–water partition coefficient (Wildman–Crippen LogP) is 13.1. The molecular weight excluding hydrogens is 1220 g/mol. The molecule has 0 unspecified atom stereocenters. The van der Waals surface area contributed by atoms with Gasteiger partial charge in [-0.2, -0.15) is 0 Å². The Morgan fingerprint density at radius 3 is 0.894 bits per heavy atom. The molecule has 22 nitrogen and oxygen atoms in total. The Balaban J connectivity index is 1.48. The summed E-state index contributed by atoms with van der Waals surface area (Å²) >= 11 is 0. The molecule has 4 aromatic carbocycles. The zero-order valence-electron chi connectivity index (χ0n) is 53.5. The van der Waals surface area contributed by atoms with E-state index in [9.17, 15) is 24.0 Å². The van der Waals surface area contributed by atoms with E-state index in [2.05, 4.69) is 39.5 Å². The summed E-state index contributed by atoms with van der Waals surface area (Å²) in [5.41, 5.74) is 2.58. The molecule has 0 aliphatic rings. The largest absolute Gasteiger partial charge is 0.490 e. The highest BCUT2D eigenvalue weighted by atomic mass is 17.2.